The van der Waals surface area contributed by atoms with Crippen molar-refractivity contribution in [3.63, 3.8) is 0 Å². The molecular weight excluding hydrogens is 527 g/mol. The predicted molar refractivity (Wildman–Crippen MR) is 173 cm³/mol. The number of rotatable bonds is 29. The average molecular weight is 597 g/mol. The number of hydrogen-bond acceptors (Lipinski definition) is 5. The van der Waals surface area contributed by atoms with Crippen LogP contribution in [0.2, 0.25) is 0 Å². The molecule has 1 unspecified atom stereocenters. The number of methoxy groups -OCH3 is 1. The number of unbranched alkanes of at least 4 members (excludes halogenated alkanes) is 13. The molecule has 0 aromatic carbocycles. The first-order valence-electron chi connectivity index (χ1n) is 16.0. The van der Waals surface area contributed by atoms with Gasteiger partial charge in [-0.2, -0.15) is 11.8 Å². The zero-order valence-electron chi connectivity index (χ0n) is 27.5. The molecule has 0 fully saturated rings. The number of quaternary nitrogens is 2. The molecule has 0 aliphatic heterocycles. The molecular formula is C31H69N2O4PS+2. The van der Waals surface area contributed by atoms with E-state index in [1.807, 2.05) is 11.8 Å². The lowest BCUT2D eigenvalue weighted by atomic mass is 10.0. The maximum atomic E-state index is 13.5. The lowest BCUT2D eigenvalue weighted by Crippen LogP contribution is -2.38. The second kappa shape index (κ2) is 23.9. The van der Waals surface area contributed by atoms with Crippen molar-refractivity contribution in [1.29, 1.82) is 0 Å². The molecule has 0 bridgehead atoms. The van der Waals surface area contributed by atoms with E-state index in [1.54, 1.807) is 7.11 Å². The summed E-state index contributed by atoms with van der Waals surface area (Å²) in [6.07, 6.45) is 20.8. The van der Waals surface area contributed by atoms with Crippen molar-refractivity contribution in [2.45, 2.75) is 109 Å². The third kappa shape index (κ3) is 28.3. The summed E-state index contributed by atoms with van der Waals surface area (Å²) in [6.45, 7) is 4.76. The molecule has 0 heterocycles. The molecule has 0 N–H and O–H groups in total. The standard InChI is InChI=1S/C31H69N2O4PS/c1-9-10-11-12-13-14-15-16-17-18-19-20-21-22-29-39-30-31(35-8)23-28-38(34,36-26-24-32(2,3)4)37-27-25-33(5,6)7/h31H,9-30H2,1-8H3/q+2. The van der Waals surface area contributed by atoms with Gasteiger partial charge in [0.1, 0.15) is 26.3 Å². The molecule has 0 aromatic heterocycles. The lowest BCUT2D eigenvalue weighted by Gasteiger charge is -2.27. The monoisotopic (exact) mass is 596 g/mol. The second-order valence-electron chi connectivity index (χ2n) is 13.3. The molecule has 0 spiro atoms. The minimum absolute atomic E-state index is 0.0824. The van der Waals surface area contributed by atoms with Gasteiger partial charge in [-0.25, -0.2) is 0 Å². The predicted octanol–water partition coefficient (Wildman–Crippen LogP) is 8.24. The molecule has 0 saturated heterocycles. The van der Waals surface area contributed by atoms with Crippen molar-refractivity contribution >= 4 is 19.4 Å². The Balaban J connectivity index is 4.03. The summed E-state index contributed by atoms with van der Waals surface area (Å²) in [7, 11) is 11.3. The van der Waals surface area contributed by atoms with E-state index < -0.39 is 7.60 Å². The van der Waals surface area contributed by atoms with Crippen LogP contribution in [-0.4, -0.2) is 108 Å². The van der Waals surface area contributed by atoms with Crippen molar-refractivity contribution < 1.29 is 27.3 Å². The van der Waals surface area contributed by atoms with E-state index in [0.717, 1.165) is 27.8 Å². The van der Waals surface area contributed by atoms with Gasteiger partial charge in [-0.1, -0.05) is 90.4 Å². The zero-order chi connectivity index (χ0) is 29.5. The summed E-state index contributed by atoms with van der Waals surface area (Å²) >= 11 is 1.96. The molecule has 0 aliphatic carbocycles. The van der Waals surface area contributed by atoms with Crippen molar-refractivity contribution in [3.8, 4) is 0 Å². The third-order valence-corrected chi connectivity index (χ3v) is 10.2. The summed E-state index contributed by atoms with van der Waals surface area (Å²) in [5, 5.41) is 0. The number of ether oxygens (including phenoxy) is 1. The summed E-state index contributed by atoms with van der Waals surface area (Å²) in [4.78, 5) is 0. The van der Waals surface area contributed by atoms with Gasteiger partial charge in [-0.15, -0.1) is 0 Å². The molecule has 0 aliphatic rings. The minimum Gasteiger partial charge on any atom is -0.381 e. The Morgan fingerprint density at radius 3 is 1.46 bits per heavy atom. The summed E-state index contributed by atoms with van der Waals surface area (Å²) in [5.41, 5.74) is 0. The van der Waals surface area contributed by atoms with Crippen LogP contribution in [0.5, 0.6) is 0 Å². The van der Waals surface area contributed by atoms with Crippen LogP contribution in [0, 0.1) is 0 Å². The lowest BCUT2D eigenvalue weighted by molar-refractivity contribution is -0.870. The van der Waals surface area contributed by atoms with E-state index >= 15 is 0 Å². The highest BCUT2D eigenvalue weighted by Crippen LogP contribution is 2.49. The zero-order valence-corrected chi connectivity index (χ0v) is 29.2. The normalized spacial score (nSPS) is 13.7. The van der Waals surface area contributed by atoms with Gasteiger partial charge in [0, 0.05) is 12.9 Å². The first-order chi connectivity index (χ1) is 18.4. The number of nitrogens with zero attached hydrogens (tertiary/aromatic N) is 2. The second-order valence-corrected chi connectivity index (χ2v) is 16.7. The maximum absolute atomic E-state index is 13.5. The van der Waals surface area contributed by atoms with E-state index in [1.165, 1.54) is 95.6 Å². The molecule has 0 amide bonds. The molecule has 6 nitrogen and oxygen atoms in total. The number of hydrogen-bond donors (Lipinski definition) is 0. The fraction of sp³-hybridized carbons (Fsp3) is 1.00. The highest BCUT2D eigenvalue weighted by Gasteiger charge is 2.28. The first-order valence-corrected chi connectivity index (χ1v) is 18.9. The quantitative estimate of drug-likeness (QED) is 0.0494. The summed E-state index contributed by atoms with van der Waals surface area (Å²) in [6, 6.07) is 0. The van der Waals surface area contributed by atoms with Gasteiger partial charge in [0.15, 0.2) is 0 Å². The van der Waals surface area contributed by atoms with Crippen molar-refractivity contribution in [2.75, 3.05) is 93.4 Å². The van der Waals surface area contributed by atoms with Crippen molar-refractivity contribution in [1.82, 2.24) is 0 Å². The van der Waals surface area contributed by atoms with E-state index in [4.69, 9.17) is 13.8 Å². The van der Waals surface area contributed by atoms with Crippen LogP contribution in [0.15, 0.2) is 0 Å². The highest BCUT2D eigenvalue weighted by atomic mass is 32.2. The van der Waals surface area contributed by atoms with Gasteiger partial charge in [-0.3, -0.25) is 4.57 Å². The number of thioether (sulfide) groups is 1. The van der Waals surface area contributed by atoms with Gasteiger partial charge >= 0.3 is 7.60 Å². The first kappa shape index (κ1) is 39.4. The largest absolute Gasteiger partial charge is 0.381 e. The van der Waals surface area contributed by atoms with Crippen molar-refractivity contribution in [3.05, 3.63) is 0 Å². The molecule has 236 valence electrons. The van der Waals surface area contributed by atoms with Crippen LogP contribution in [0.4, 0.5) is 0 Å². The molecule has 39 heavy (non-hydrogen) atoms. The van der Waals surface area contributed by atoms with Crippen LogP contribution in [0.1, 0.15) is 103 Å². The fourth-order valence-electron chi connectivity index (χ4n) is 4.26. The Labute approximate surface area is 249 Å². The summed E-state index contributed by atoms with van der Waals surface area (Å²) < 4.78 is 32.6. The van der Waals surface area contributed by atoms with Gasteiger partial charge in [0.05, 0.1) is 54.6 Å². The van der Waals surface area contributed by atoms with Crippen LogP contribution in [-0.2, 0) is 18.3 Å². The van der Waals surface area contributed by atoms with Crippen molar-refractivity contribution in [2.24, 2.45) is 0 Å². The Hall–Kier alpha value is 0.380. The molecule has 0 saturated carbocycles. The van der Waals surface area contributed by atoms with E-state index in [2.05, 4.69) is 49.2 Å². The maximum Gasteiger partial charge on any atom is 0.331 e. The van der Waals surface area contributed by atoms with Crippen LogP contribution in [0.25, 0.3) is 0 Å². The highest BCUT2D eigenvalue weighted by molar-refractivity contribution is 7.99. The number of likely N-dealkylation sites (N-methyl/N-ethyl adjacent to an activating group) is 2. The van der Waals surface area contributed by atoms with E-state index in [0.29, 0.717) is 25.8 Å². The molecule has 0 radical (unpaired) electrons. The van der Waals surface area contributed by atoms with Gasteiger partial charge in [0.25, 0.3) is 0 Å². The molecule has 1 atom stereocenters. The van der Waals surface area contributed by atoms with Crippen LogP contribution >= 0.6 is 19.4 Å². The topological polar surface area (TPSA) is 44.8 Å². The molecule has 0 rings (SSSR count). The Bertz CT molecular complexity index is 572. The van der Waals surface area contributed by atoms with Gasteiger partial charge in [-0.05, 0) is 18.6 Å². The Kier molecular flexibility index (Phi) is 24.1. The fourth-order valence-corrected chi connectivity index (χ4v) is 7.06. The Morgan fingerprint density at radius 2 is 1.08 bits per heavy atom. The average Bonchev–Trinajstić information content (AvgIpc) is 2.84. The SMILES string of the molecule is CCCCCCCCCCCCCCCCSCC(CCP(=O)(OCC[N+](C)(C)C)OCC[N+](C)(C)C)OC. The molecule has 0 aromatic rings. The van der Waals surface area contributed by atoms with E-state index in [-0.39, 0.29) is 6.10 Å². The smallest absolute Gasteiger partial charge is 0.331 e. The van der Waals surface area contributed by atoms with Crippen LogP contribution in [0.3, 0.4) is 0 Å². The summed E-state index contributed by atoms with van der Waals surface area (Å²) in [5.74, 6) is 2.11. The minimum atomic E-state index is -3.14. The Morgan fingerprint density at radius 1 is 0.667 bits per heavy atom. The van der Waals surface area contributed by atoms with Gasteiger partial charge in [0.2, 0.25) is 0 Å². The third-order valence-electron chi connectivity index (χ3n) is 7.10. The van der Waals surface area contributed by atoms with Crippen LogP contribution < -0.4 is 0 Å². The van der Waals surface area contributed by atoms with Gasteiger partial charge < -0.3 is 22.8 Å². The van der Waals surface area contributed by atoms with E-state index in [9.17, 15) is 4.57 Å². The molecule has 8 heteroatoms.